The summed E-state index contributed by atoms with van der Waals surface area (Å²) in [5, 5.41) is 16.5. The van der Waals surface area contributed by atoms with E-state index in [0.29, 0.717) is 23.6 Å². The third-order valence-electron chi connectivity index (χ3n) is 5.53. The number of hydrogen-bond donors (Lipinski definition) is 3. The molecule has 1 aliphatic heterocycles. The lowest BCUT2D eigenvalue weighted by Gasteiger charge is -2.18. The minimum atomic E-state index is -4.54. The summed E-state index contributed by atoms with van der Waals surface area (Å²) in [4.78, 5) is 33.2. The summed E-state index contributed by atoms with van der Waals surface area (Å²) in [6, 6.07) is 11.6. The van der Waals surface area contributed by atoms with Crippen molar-refractivity contribution in [1.82, 2.24) is 10.3 Å². The van der Waals surface area contributed by atoms with Crippen LogP contribution in [-0.4, -0.2) is 34.3 Å². The molecule has 186 valence electrons. The number of rotatable bonds is 7. The molecule has 2 aromatic carbocycles. The van der Waals surface area contributed by atoms with E-state index in [1.807, 2.05) is 0 Å². The van der Waals surface area contributed by atoms with E-state index in [1.165, 1.54) is 23.5 Å². The van der Waals surface area contributed by atoms with Crippen LogP contribution in [-0.2, 0) is 11.0 Å². The lowest BCUT2D eigenvalue weighted by atomic mass is 9.93. The first kappa shape index (κ1) is 25.3. The highest BCUT2D eigenvalue weighted by Crippen LogP contribution is 2.32. The molecule has 1 aromatic heterocycles. The van der Waals surface area contributed by atoms with Crippen LogP contribution in [0.5, 0.6) is 0 Å². The van der Waals surface area contributed by atoms with Crippen molar-refractivity contribution in [3.63, 3.8) is 0 Å². The summed E-state index contributed by atoms with van der Waals surface area (Å²) in [5.41, 5.74) is 3.47. The Morgan fingerprint density at radius 2 is 1.89 bits per heavy atom. The highest BCUT2D eigenvalue weighted by Gasteiger charge is 2.32. The van der Waals surface area contributed by atoms with Crippen LogP contribution in [0, 0.1) is 0 Å². The van der Waals surface area contributed by atoms with E-state index in [9.17, 15) is 27.9 Å². The van der Waals surface area contributed by atoms with Crippen molar-refractivity contribution >= 4 is 40.2 Å². The fraction of sp³-hybridized carbons (Fsp3) is 0.200. The maximum Gasteiger partial charge on any atom is 0.416 e. The molecule has 11 heteroatoms. The monoisotopic (exact) mass is 514 g/mol. The first-order valence-corrected chi connectivity index (χ1v) is 11.8. The Morgan fingerprint density at radius 3 is 2.56 bits per heavy atom. The normalized spacial score (nSPS) is 14.1. The molecular weight excluding hydrogens is 493 g/mol. The number of halogens is 3. The molecule has 7 nitrogen and oxygen atoms in total. The number of hydrogen-bond acceptors (Lipinski definition) is 6. The second kappa shape index (κ2) is 10.8. The number of carbonyl (C=O) groups excluding carboxylic acids is 2. The fourth-order valence-electron chi connectivity index (χ4n) is 3.71. The zero-order valence-corrected chi connectivity index (χ0v) is 19.6. The van der Waals surface area contributed by atoms with Gasteiger partial charge in [-0.2, -0.15) is 13.2 Å². The summed E-state index contributed by atoms with van der Waals surface area (Å²) >= 11 is 1.33. The molecule has 3 N–H and O–H groups in total. The zero-order chi connectivity index (χ0) is 25.7. The van der Waals surface area contributed by atoms with Crippen molar-refractivity contribution in [3.8, 4) is 0 Å². The summed E-state index contributed by atoms with van der Waals surface area (Å²) < 4.78 is 39.3. The number of amidine groups is 1. The van der Waals surface area contributed by atoms with Gasteiger partial charge in [-0.25, -0.2) is 9.98 Å². The molecule has 0 aliphatic carbocycles. The van der Waals surface area contributed by atoms with Crippen molar-refractivity contribution in [2.45, 2.75) is 24.9 Å². The highest BCUT2D eigenvalue weighted by atomic mass is 32.1. The number of aliphatic hydroxyl groups is 1. The first-order chi connectivity index (χ1) is 17.2. The van der Waals surface area contributed by atoms with Crippen LogP contribution in [0.25, 0.3) is 5.57 Å². The van der Waals surface area contributed by atoms with Crippen LogP contribution in [0.15, 0.2) is 70.6 Å². The van der Waals surface area contributed by atoms with Crippen LogP contribution < -0.4 is 10.6 Å². The molecule has 1 aliphatic rings. The number of aliphatic imine (C=N–C) groups is 1. The third-order valence-corrected chi connectivity index (χ3v) is 6.12. The van der Waals surface area contributed by atoms with E-state index in [1.54, 1.807) is 41.4 Å². The van der Waals surface area contributed by atoms with Crippen LogP contribution >= 0.6 is 11.3 Å². The minimum absolute atomic E-state index is 0.0329. The van der Waals surface area contributed by atoms with Crippen molar-refractivity contribution in [1.29, 1.82) is 0 Å². The number of alkyl halides is 3. The number of amides is 2. The average molecular weight is 515 g/mol. The zero-order valence-electron chi connectivity index (χ0n) is 18.7. The molecule has 3 aromatic rings. The Kier molecular flexibility index (Phi) is 7.61. The Balaban J connectivity index is 1.37. The van der Waals surface area contributed by atoms with Crippen molar-refractivity contribution < 1.29 is 27.9 Å². The van der Waals surface area contributed by atoms with Gasteiger partial charge in [0.15, 0.2) is 0 Å². The number of carbonyl (C=O) groups is 2. The summed E-state index contributed by atoms with van der Waals surface area (Å²) in [6.45, 7) is -0.365. The van der Waals surface area contributed by atoms with Gasteiger partial charge in [-0.05, 0) is 41.3 Å². The first-order valence-electron chi connectivity index (χ1n) is 10.9. The average Bonchev–Trinajstić information content (AvgIpc) is 3.55. The second-order valence-electron chi connectivity index (χ2n) is 7.99. The molecule has 0 saturated heterocycles. The van der Waals surface area contributed by atoms with Crippen LogP contribution in [0.2, 0.25) is 0 Å². The second-order valence-corrected chi connectivity index (χ2v) is 8.71. The van der Waals surface area contributed by atoms with Gasteiger partial charge < -0.3 is 15.7 Å². The maximum absolute atomic E-state index is 13.1. The van der Waals surface area contributed by atoms with Gasteiger partial charge in [0.05, 0.1) is 17.0 Å². The standard InChI is InChI=1S/C25H21F3N4O3S/c26-25(27,28)18-3-1-2-16(10-18)20(8-9-33)23(34)32-22-11-17(12-29-22)15-4-6-19(7-5-15)31-24(35)21-13-36-14-30-21/h1-7,10,12-14,20,33H,8-9,11H2,(H,31,35)(H,29,32,34). The molecule has 0 fully saturated rings. The molecule has 0 spiro atoms. The minimum Gasteiger partial charge on any atom is -0.396 e. The number of nitrogens with zero attached hydrogens (tertiary/aromatic N) is 2. The summed E-state index contributed by atoms with van der Waals surface area (Å²) in [6.07, 6.45) is -2.66. The van der Waals surface area contributed by atoms with Gasteiger partial charge in [-0.3, -0.25) is 9.59 Å². The van der Waals surface area contributed by atoms with E-state index in [-0.39, 0.29) is 24.5 Å². The third kappa shape index (κ3) is 6.04. The van der Waals surface area contributed by atoms with Gasteiger partial charge in [0.2, 0.25) is 5.91 Å². The molecule has 2 heterocycles. The summed E-state index contributed by atoms with van der Waals surface area (Å²) in [5.74, 6) is -1.47. The Labute approximate surface area is 208 Å². The Bertz CT molecular complexity index is 1300. The van der Waals surface area contributed by atoms with Gasteiger partial charge in [-0.1, -0.05) is 30.3 Å². The Morgan fingerprint density at radius 1 is 1.11 bits per heavy atom. The lowest BCUT2D eigenvalue weighted by molar-refractivity contribution is -0.137. The molecule has 1 atom stereocenters. The number of benzene rings is 2. The molecule has 0 saturated carbocycles. The predicted octanol–water partition coefficient (Wildman–Crippen LogP) is 4.84. The van der Waals surface area contributed by atoms with Crippen LogP contribution in [0.4, 0.5) is 18.9 Å². The molecule has 2 amide bonds. The van der Waals surface area contributed by atoms with Crippen molar-refractivity contribution in [2.24, 2.45) is 4.99 Å². The molecular formula is C25H21F3N4O3S. The number of nitrogens with one attached hydrogen (secondary N) is 2. The van der Waals surface area contributed by atoms with Gasteiger partial charge in [0.25, 0.3) is 5.91 Å². The van der Waals surface area contributed by atoms with Gasteiger partial charge in [0.1, 0.15) is 11.5 Å². The van der Waals surface area contributed by atoms with Crippen LogP contribution in [0.3, 0.4) is 0 Å². The van der Waals surface area contributed by atoms with E-state index in [4.69, 9.17) is 0 Å². The quantitative estimate of drug-likeness (QED) is 0.420. The number of thiazole rings is 1. The molecule has 0 bridgehead atoms. The van der Waals surface area contributed by atoms with Crippen molar-refractivity contribution in [2.75, 3.05) is 11.9 Å². The molecule has 36 heavy (non-hydrogen) atoms. The fourth-order valence-corrected chi connectivity index (χ4v) is 4.24. The van der Waals surface area contributed by atoms with Crippen LogP contribution in [0.1, 0.15) is 45.9 Å². The number of aromatic nitrogens is 1. The SMILES string of the molecule is O=C(Nc1ccc(C2=CN=C(NC(=O)C(CCO)c3cccc(C(F)(F)F)c3)C2)cc1)c1cscn1. The van der Waals surface area contributed by atoms with E-state index < -0.39 is 23.6 Å². The van der Waals surface area contributed by atoms with E-state index >= 15 is 0 Å². The summed E-state index contributed by atoms with van der Waals surface area (Å²) in [7, 11) is 0. The van der Waals surface area contributed by atoms with Gasteiger partial charge in [0, 0.05) is 30.3 Å². The topological polar surface area (TPSA) is 104 Å². The Hall–Kier alpha value is -3.83. The molecule has 0 radical (unpaired) electrons. The van der Waals surface area contributed by atoms with Gasteiger partial charge >= 0.3 is 6.18 Å². The number of anilines is 1. The van der Waals surface area contributed by atoms with E-state index in [0.717, 1.165) is 23.3 Å². The smallest absolute Gasteiger partial charge is 0.396 e. The molecule has 4 rings (SSSR count). The van der Waals surface area contributed by atoms with Crippen molar-refractivity contribution in [3.05, 3.63) is 88.0 Å². The lowest BCUT2D eigenvalue weighted by Crippen LogP contribution is -2.34. The maximum atomic E-state index is 13.1. The molecule has 1 unspecified atom stereocenters. The number of aliphatic hydroxyl groups excluding tert-OH is 1. The predicted molar refractivity (Wildman–Crippen MR) is 131 cm³/mol. The largest absolute Gasteiger partial charge is 0.416 e. The van der Waals surface area contributed by atoms with E-state index in [2.05, 4.69) is 20.6 Å². The van der Waals surface area contributed by atoms with Gasteiger partial charge in [-0.15, -0.1) is 11.3 Å². The highest BCUT2D eigenvalue weighted by molar-refractivity contribution is 7.07.